The van der Waals surface area contributed by atoms with Crippen molar-refractivity contribution in [3.05, 3.63) is 21.9 Å². The summed E-state index contributed by atoms with van der Waals surface area (Å²) < 4.78 is 0. The van der Waals surface area contributed by atoms with E-state index in [1.165, 1.54) is 12.0 Å². The second kappa shape index (κ2) is 5.70. The molecular formula is C19H37NSi. The van der Waals surface area contributed by atoms with Crippen molar-refractivity contribution in [2.45, 2.75) is 87.4 Å². The monoisotopic (exact) mass is 307 g/mol. The average Bonchev–Trinajstić information content (AvgIpc) is 2.37. The van der Waals surface area contributed by atoms with Crippen molar-refractivity contribution in [1.29, 1.82) is 0 Å². The zero-order chi connectivity index (χ0) is 16.8. The second-order valence-corrected chi connectivity index (χ2v) is 13.5. The molecule has 0 aliphatic heterocycles. The fourth-order valence-electron chi connectivity index (χ4n) is 4.66. The quantitative estimate of drug-likeness (QED) is 0.644. The molecule has 21 heavy (non-hydrogen) atoms. The molecule has 0 aromatic rings. The maximum atomic E-state index is 4.09. The van der Waals surface area contributed by atoms with E-state index in [9.17, 15) is 0 Å². The van der Waals surface area contributed by atoms with Crippen molar-refractivity contribution in [3.8, 4) is 0 Å². The van der Waals surface area contributed by atoms with Crippen LogP contribution in [0.3, 0.4) is 0 Å². The summed E-state index contributed by atoms with van der Waals surface area (Å²) in [5.41, 5.74) is 5.18. The highest BCUT2D eigenvalue weighted by Crippen LogP contribution is 2.41. The van der Waals surface area contributed by atoms with Crippen LogP contribution < -0.4 is 4.98 Å². The van der Waals surface area contributed by atoms with Crippen LogP contribution in [0.15, 0.2) is 21.9 Å². The van der Waals surface area contributed by atoms with Crippen LogP contribution >= 0.6 is 0 Å². The van der Waals surface area contributed by atoms with Crippen LogP contribution in [-0.2, 0) is 0 Å². The van der Waals surface area contributed by atoms with Gasteiger partial charge in [0.2, 0.25) is 0 Å². The molecule has 0 radical (unpaired) electrons. The Labute approximate surface area is 134 Å². The standard InChI is InChI=1S/C19H37NSi/c1-13-14(2)16(4)17(15(13)3)21(10,11)20-19(8,9)12-18(5,6)7/h15,20H,12H2,1-11H3. The maximum absolute atomic E-state index is 4.09. The summed E-state index contributed by atoms with van der Waals surface area (Å²) in [6.07, 6.45) is 1.20. The van der Waals surface area contributed by atoms with E-state index < -0.39 is 8.24 Å². The lowest BCUT2D eigenvalue weighted by Gasteiger charge is -2.42. The molecule has 1 aliphatic carbocycles. The minimum Gasteiger partial charge on any atom is -0.329 e. The Morgan fingerprint density at radius 1 is 0.952 bits per heavy atom. The summed E-state index contributed by atoms with van der Waals surface area (Å²) in [6, 6.07) is 0. The number of nitrogens with one attached hydrogen (secondary N) is 1. The van der Waals surface area contributed by atoms with E-state index in [0.29, 0.717) is 11.3 Å². The Morgan fingerprint density at radius 2 is 1.43 bits per heavy atom. The molecule has 1 N–H and O–H groups in total. The zero-order valence-corrected chi connectivity index (χ0v) is 17.3. The molecule has 0 bridgehead atoms. The third-order valence-electron chi connectivity index (χ3n) is 4.94. The molecule has 0 aromatic heterocycles. The molecule has 2 heteroatoms. The Hall–Kier alpha value is -0.343. The van der Waals surface area contributed by atoms with Gasteiger partial charge in [-0.15, -0.1) is 0 Å². The molecule has 1 rings (SSSR count). The van der Waals surface area contributed by atoms with Gasteiger partial charge in [0.15, 0.2) is 0 Å². The average molecular weight is 308 g/mol. The molecule has 1 atom stereocenters. The molecular weight excluding hydrogens is 270 g/mol. The van der Waals surface area contributed by atoms with Crippen molar-refractivity contribution in [2.75, 3.05) is 0 Å². The third-order valence-corrected chi connectivity index (χ3v) is 8.39. The summed E-state index contributed by atoms with van der Waals surface area (Å²) >= 11 is 0. The molecule has 0 heterocycles. The number of hydrogen-bond donors (Lipinski definition) is 1. The number of allylic oxidation sites excluding steroid dienone is 4. The van der Waals surface area contributed by atoms with Crippen LogP contribution in [0.4, 0.5) is 0 Å². The lowest BCUT2D eigenvalue weighted by atomic mass is 9.82. The fourth-order valence-corrected chi connectivity index (χ4v) is 9.00. The minimum absolute atomic E-state index is 0.186. The first kappa shape index (κ1) is 18.7. The summed E-state index contributed by atoms with van der Waals surface area (Å²) in [5, 5.41) is 1.71. The largest absolute Gasteiger partial charge is 0.329 e. The van der Waals surface area contributed by atoms with Gasteiger partial charge in [0, 0.05) is 5.54 Å². The van der Waals surface area contributed by atoms with Gasteiger partial charge in [0.05, 0.1) is 0 Å². The molecule has 0 spiro atoms. The molecule has 0 amide bonds. The first-order valence-electron chi connectivity index (χ1n) is 8.36. The van der Waals surface area contributed by atoms with Crippen LogP contribution in [0.5, 0.6) is 0 Å². The molecule has 122 valence electrons. The lowest BCUT2D eigenvalue weighted by Crippen LogP contribution is -2.58. The van der Waals surface area contributed by atoms with Gasteiger partial charge < -0.3 is 4.98 Å². The number of hydrogen-bond acceptors (Lipinski definition) is 1. The highest BCUT2D eigenvalue weighted by atomic mass is 28.3. The smallest absolute Gasteiger partial charge is 0.148 e. The Bertz CT molecular complexity index is 472. The van der Waals surface area contributed by atoms with Gasteiger partial charge in [0.1, 0.15) is 8.24 Å². The van der Waals surface area contributed by atoms with Crippen LogP contribution in [-0.4, -0.2) is 13.8 Å². The van der Waals surface area contributed by atoms with E-state index >= 15 is 0 Å². The molecule has 0 saturated heterocycles. The van der Waals surface area contributed by atoms with Crippen LogP contribution in [0.1, 0.15) is 68.7 Å². The van der Waals surface area contributed by atoms with E-state index in [2.05, 4.69) is 80.4 Å². The number of rotatable bonds is 4. The van der Waals surface area contributed by atoms with Crippen molar-refractivity contribution >= 4 is 8.24 Å². The third kappa shape index (κ3) is 4.32. The maximum Gasteiger partial charge on any atom is 0.148 e. The van der Waals surface area contributed by atoms with Gasteiger partial charge in [-0.2, -0.15) is 0 Å². The van der Waals surface area contributed by atoms with E-state index in [1.54, 1.807) is 16.3 Å². The van der Waals surface area contributed by atoms with Crippen LogP contribution in [0.25, 0.3) is 0 Å². The molecule has 0 fully saturated rings. The van der Waals surface area contributed by atoms with Crippen molar-refractivity contribution in [1.82, 2.24) is 4.98 Å². The Kier molecular flexibility index (Phi) is 5.07. The van der Waals surface area contributed by atoms with E-state index in [-0.39, 0.29) is 5.54 Å². The van der Waals surface area contributed by atoms with E-state index in [1.807, 2.05) is 0 Å². The second-order valence-electron chi connectivity index (χ2n) is 9.44. The fraction of sp³-hybridized carbons (Fsp3) is 0.789. The molecule has 1 nitrogen and oxygen atoms in total. The SMILES string of the molecule is CC1=C(C)C(C)C([Si](C)(C)NC(C)(C)CC(C)(C)C)=C1C. The summed E-state index contributed by atoms with van der Waals surface area (Å²) in [7, 11) is -1.63. The normalized spacial score (nSPS) is 21.6. The van der Waals surface area contributed by atoms with Crippen molar-refractivity contribution < 1.29 is 0 Å². The summed E-state index contributed by atoms with van der Waals surface area (Å²) in [6.45, 7) is 26.0. The Balaban J connectivity index is 3.04. The van der Waals surface area contributed by atoms with Gasteiger partial charge in [-0.1, -0.05) is 57.1 Å². The van der Waals surface area contributed by atoms with Crippen molar-refractivity contribution in [2.24, 2.45) is 11.3 Å². The van der Waals surface area contributed by atoms with E-state index in [0.717, 1.165) is 0 Å². The van der Waals surface area contributed by atoms with Crippen LogP contribution in [0, 0.1) is 11.3 Å². The summed E-state index contributed by atoms with van der Waals surface area (Å²) in [5.74, 6) is 0.615. The van der Waals surface area contributed by atoms with Gasteiger partial charge in [-0.05, 0) is 57.9 Å². The molecule has 1 aliphatic rings. The minimum atomic E-state index is -1.63. The zero-order valence-electron chi connectivity index (χ0n) is 16.3. The summed E-state index contributed by atoms with van der Waals surface area (Å²) in [4.78, 5) is 4.09. The predicted molar refractivity (Wildman–Crippen MR) is 99.0 cm³/mol. The first-order chi connectivity index (χ1) is 9.18. The lowest BCUT2D eigenvalue weighted by molar-refractivity contribution is 0.268. The van der Waals surface area contributed by atoms with Crippen LogP contribution in [0.2, 0.25) is 13.1 Å². The van der Waals surface area contributed by atoms with Gasteiger partial charge in [-0.25, -0.2) is 0 Å². The van der Waals surface area contributed by atoms with E-state index in [4.69, 9.17) is 0 Å². The van der Waals surface area contributed by atoms with Gasteiger partial charge >= 0.3 is 0 Å². The van der Waals surface area contributed by atoms with Gasteiger partial charge in [-0.3, -0.25) is 0 Å². The molecule has 0 aromatic carbocycles. The predicted octanol–water partition coefficient (Wildman–Crippen LogP) is 5.84. The highest BCUT2D eigenvalue weighted by Gasteiger charge is 2.40. The van der Waals surface area contributed by atoms with Crippen molar-refractivity contribution in [3.63, 3.8) is 0 Å². The highest BCUT2D eigenvalue weighted by molar-refractivity contribution is 6.82. The Morgan fingerprint density at radius 3 is 1.76 bits per heavy atom. The molecule has 1 unspecified atom stereocenters. The topological polar surface area (TPSA) is 12.0 Å². The molecule has 0 saturated carbocycles. The first-order valence-corrected chi connectivity index (χ1v) is 11.4. The van der Waals surface area contributed by atoms with Gasteiger partial charge in [0.25, 0.3) is 0 Å².